The Kier molecular flexibility index (Phi) is 5.21. The van der Waals surface area contributed by atoms with Crippen LogP contribution in [0.4, 0.5) is 0 Å². The Morgan fingerprint density at radius 3 is 2.77 bits per heavy atom. The minimum Gasteiger partial charge on any atom is -0.504 e. The number of carbonyl (C=O) groups excluding carboxylic acids is 1. The maximum atomic E-state index is 11.5. The predicted octanol–water partition coefficient (Wildman–Crippen LogP) is 2.28. The van der Waals surface area contributed by atoms with E-state index < -0.39 is 5.91 Å². The molecule has 2 aromatic rings. The molecule has 1 amide bonds. The number of aromatic hydroxyl groups is 2. The lowest BCUT2D eigenvalue weighted by atomic mass is 10.2. The molecule has 0 bridgehead atoms. The number of rotatable bonds is 5. The van der Waals surface area contributed by atoms with Crippen molar-refractivity contribution in [2.75, 3.05) is 6.61 Å². The summed E-state index contributed by atoms with van der Waals surface area (Å²) in [5.74, 6) is -0.454. The van der Waals surface area contributed by atoms with Gasteiger partial charge in [0.15, 0.2) is 18.1 Å². The van der Waals surface area contributed by atoms with E-state index >= 15 is 0 Å². The summed E-state index contributed by atoms with van der Waals surface area (Å²) in [4.78, 5) is 11.5. The number of hydrogen-bond acceptors (Lipinski definition) is 5. The minimum atomic E-state index is -0.445. The van der Waals surface area contributed by atoms with Crippen LogP contribution in [0, 0.1) is 0 Å². The van der Waals surface area contributed by atoms with E-state index in [1.807, 2.05) is 0 Å². The molecule has 7 heteroatoms. The average molecular weight is 321 g/mol. The highest BCUT2D eigenvalue weighted by Gasteiger charge is 2.02. The molecule has 0 aliphatic rings. The summed E-state index contributed by atoms with van der Waals surface area (Å²) < 4.78 is 5.24. The number of halogens is 1. The second-order valence-corrected chi connectivity index (χ2v) is 4.72. The van der Waals surface area contributed by atoms with Gasteiger partial charge in [0, 0.05) is 5.02 Å². The van der Waals surface area contributed by atoms with Crippen LogP contribution in [0.2, 0.25) is 5.02 Å². The lowest BCUT2D eigenvalue weighted by Gasteiger charge is -2.05. The zero-order chi connectivity index (χ0) is 15.9. The number of benzene rings is 2. The van der Waals surface area contributed by atoms with Crippen LogP contribution < -0.4 is 10.2 Å². The number of ether oxygens (including phenoxy) is 1. The van der Waals surface area contributed by atoms with E-state index in [0.29, 0.717) is 16.3 Å². The van der Waals surface area contributed by atoms with Crippen LogP contribution in [-0.4, -0.2) is 28.9 Å². The zero-order valence-electron chi connectivity index (χ0n) is 11.4. The Hall–Kier alpha value is -2.73. The second kappa shape index (κ2) is 7.33. The Morgan fingerprint density at radius 1 is 1.23 bits per heavy atom. The first-order valence-corrected chi connectivity index (χ1v) is 6.64. The summed E-state index contributed by atoms with van der Waals surface area (Å²) in [5.41, 5.74) is 2.80. The number of phenols is 2. The number of nitrogens with zero attached hydrogens (tertiary/aromatic N) is 1. The number of hydrogen-bond donors (Lipinski definition) is 3. The molecule has 6 nitrogen and oxygen atoms in total. The second-order valence-electron chi connectivity index (χ2n) is 4.29. The first kappa shape index (κ1) is 15.7. The van der Waals surface area contributed by atoms with Crippen molar-refractivity contribution in [3.63, 3.8) is 0 Å². The van der Waals surface area contributed by atoms with Crippen molar-refractivity contribution in [2.45, 2.75) is 0 Å². The Morgan fingerprint density at radius 2 is 2.05 bits per heavy atom. The van der Waals surface area contributed by atoms with Crippen LogP contribution in [0.5, 0.6) is 17.2 Å². The van der Waals surface area contributed by atoms with Crippen molar-refractivity contribution in [1.82, 2.24) is 5.43 Å². The molecule has 0 spiro atoms. The topological polar surface area (TPSA) is 91.2 Å². The number of carbonyl (C=O) groups is 1. The SMILES string of the molecule is O=C(COc1cccc(Cl)c1)NN=Cc1ccc(O)c(O)c1. The lowest BCUT2D eigenvalue weighted by molar-refractivity contribution is -0.123. The third kappa shape index (κ3) is 4.68. The van der Waals surface area contributed by atoms with E-state index in [4.69, 9.17) is 21.4 Å². The number of nitrogens with one attached hydrogen (secondary N) is 1. The van der Waals surface area contributed by atoms with Crippen molar-refractivity contribution in [3.05, 3.63) is 53.1 Å². The molecule has 0 heterocycles. The molecule has 2 aromatic carbocycles. The normalized spacial score (nSPS) is 10.6. The lowest BCUT2D eigenvalue weighted by Crippen LogP contribution is -2.24. The largest absolute Gasteiger partial charge is 0.504 e. The molecule has 0 radical (unpaired) electrons. The van der Waals surface area contributed by atoms with E-state index in [1.54, 1.807) is 24.3 Å². The Balaban J connectivity index is 1.82. The van der Waals surface area contributed by atoms with Gasteiger partial charge >= 0.3 is 0 Å². The van der Waals surface area contributed by atoms with Crippen molar-refractivity contribution < 1.29 is 19.7 Å². The molecule has 0 unspecified atom stereocenters. The van der Waals surface area contributed by atoms with Crippen molar-refractivity contribution >= 4 is 23.7 Å². The standard InChI is InChI=1S/C15H13ClN2O4/c16-11-2-1-3-12(7-11)22-9-15(21)18-17-8-10-4-5-13(19)14(20)6-10/h1-8,19-20H,9H2,(H,18,21). The van der Waals surface area contributed by atoms with Crippen LogP contribution in [-0.2, 0) is 4.79 Å². The molecule has 0 saturated heterocycles. The van der Waals surface area contributed by atoms with E-state index in [-0.39, 0.29) is 18.1 Å². The van der Waals surface area contributed by atoms with Gasteiger partial charge in [-0.25, -0.2) is 5.43 Å². The van der Waals surface area contributed by atoms with E-state index in [1.165, 1.54) is 24.4 Å². The first-order valence-electron chi connectivity index (χ1n) is 6.27. The number of amides is 1. The molecule has 0 saturated carbocycles. The highest BCUT2D eigenvalue weighted by Crippen LogP contribution is 2.23. The van der Waals surface area contributed by atoms with Crippen LogP contribution in [0.15, 0.2) is 47.6 Å². The van der Waals surface area contributed by atoms with E-state index in [9.17, 15) is 9.90 Å². The summed E-state index contributed by atoms with van der Waals surface area (Å²) in [7, 11) is 0. The van der Waals surface area contributed by atoms with Crippen molar-refractivity contribution in [1.29, 1.82) is 0 Å². The van der Waals surface area contributed by atoms with Gasteiger partial charge in [-0.15, -0.1) is 0 Å². The maximum Gasteiger partial charge on any atom is 0.277 e. The van der Waals surface area contributed by atoms with E-state index in [2.05, 4.69) is 10.5 Å². The van der Waals surface area contributed by atoms with Gasteiger partial charge < -0.3 is 14.9 Å². The Labute approximate surface area is 131 Å². The summed E-state index contributed by atoms with van der Waals surface area (Å²) in [6.45, 7) is -0.210. The van der Waals surface area contributed by atoms with Gasteiger partial charge in [0.05, 0.1) is 6.21 Å². The van der Waals surface area contributed by atoms with Crippen molar-refractivity contribution in [2.24, 2.45) is 5.10 Å². The van der Waals surface area contributed by atoms with Gasteiger partial charge in [-0.2, -0.15) is 5.10 Å². The zero-order valence-corrected chi connectivity index (χ0v) is 12.1. The molecule has 2 rings (SSSR count). The molecule has 3 N–H and O–H groups in total. The maximum absolute atomic E-state index is 11.5. The summed E-state index contributed by atoms with van der Waals surface area (Å²) in [6.07, 6.45) is 1.33. The van der Waals surface area contributed by atoms with Crippen molar-refractivity contribution in [3.8, 4) is 17.2 Å². The van der Waals surface area contributed by atoms with Crippen LogP contribution in [0.1, 0.15) is 5.56 Å². The van der Waals surface area contributed by atoms with Crippen LogP contribution >= 0.6 is 11.6 Å². The third-order valence-electron chi connectivity index (χ3n) is 2.57. The Bertz CT molecular complexity index is 704. The average Bonchev–Trinajstić information content (AvgIpc) is 2.49. The fourth-order valence-electron chi connectivity index (χ4n) is 1.54. The molecule has 0 aliphatic heterocycles. The molecule has 0 aromatic heterocycles. The molecular weight excluding hydrogens is 308 g/mol. The van der Waals surface area contributed by atoms with Gasteiger partial charge in [-0.1, -0.05) is 17.7 Å². The summed E-state index contributed by atoms with van der Waals surface area (Å²) >= 11 is 5.79. The highest BCUT2D eigenvalue weighted by molar-refractivity contribution is 6.30. The van der Waals surface area contributed by atoms with Gasteiger partial charge in [-0.05, 0) is 42.0 Å². The quantitative estimate of drug-likeness (QED) is 0.448. The molecule has 0 fully saturated rings. The highest BCUT2D eigenvalue weighted by atomic mass is 35.5. The molecule has 114 valence electrons. The fourth-order valence-corrected chi connectivity index (χ4v) is 1.72. The number of hydrazone groups is 1. The fraction of sp³-hybridized carbons (Fsp3) is 0.0667. The number of phenolic OH excluding ortho intramolecular Hbond substituents is 2. The molecule has 0 aliphatic carbocycles. The van der Waals surface area contributed by atoms with Gasteiger partial charge in [-0.3, -0.25) is 4.79 Å². The van der Waals surface area contributed by atoms with Crippen LogP contribution in [0.25, 0.3) is 0 Å². The van der Waals surface area contributed by atoms with E-state index in [0.717, 1.165) is 0 Å². The van der Waals surface area contributed by atoms with Crippen LogP contribution in [0.3, 0.4) is 0 Å². The first-order chi connectivity index (χ1) is 10.5. The molecule has 22 heavy (non-hydrogen) atoms. The van der Waals surface area contributed by atoms with Gasteiger partial charge in [0.25, 0.3) is 5.91 Å². The van der Waals surface area contributed by atoms with Gasteiger partial charge in [0.1, 0.15) is 5.75 Å². The monoisotopic (exact) mass is 320 g/mol. The smallest absolute Gasteiger partial charge is 0.277 e. The molecular formula is C15H13ClN2O4. The van der Waals surface area contributed by atoms with Gasteiger partial charge in [0.2, 0.25) is 0 Å². The summed E-state index contributed by atoms with van der Waals surface area (Å²) in [5, 5.41) is 22.7. The third-order valence-corrected chi connectivity index (χ3v) is 2.80. The predicted molar refractivity (Wildman–Crippen MR) is 82.5 cm³/mol. The molecule has 0 atom stereocenters. The minimum absolute atomic E-state index is 0.210. The summed E-state index contributed by atoms with van der Waals surface area (Å²) in [6, 6.07) is 10.9.